The standard InChI is InChI=1S/C27H38N6O/c1-21-12-9-13-22(2)27(21)32(18-8-6-5-7-14-23(3)34)19-11-17-28-25-15-10-16-26(20-25)33-24(4)29-30-31-33/h9-10,12-13,15-16,20,28H,5-8,11,14,17-19H2,1-4H3. The number of aromatic nitrogens is 4. The monoisotopic (exact) mass is 462 g/mol. The van der Waals surface area contributed by atoms with E-state index in [0.29, 0.717) is 12.2 Å². The van der Waals surface area contributed by atoms with E-state index in [4.69, 9.17) is 0 Å². The third kappa shape index (κ3) is 7.40. The smallest absolute Gasteiger partial charge is 0.153 e. The molecule has 0 saturated heterocycles. The Hall–Kier alpha value is -3.22. The number of aryl methyl sites for hydroxylation is 3. The Kier molecular flexibility index (Phi) is 9.62. The molecule has 0 bridgehead atoms. The minimum absolute atomic E-state index is 0.295. The highest BCUT2D eigenvalue weighted by atomic mass is 16.1. The van der Waals surface area contributed by atoms with Crippen molar-refractivity contribution in [2.75, 3.05) is 29.9 Å². The Bertz CT molecular complexity index is 1040. The minimum atomic E-state index is 0.295. The number of Topliss-reactive ketones (excluding diaryl/α,β-unsaturated/α-hetero) is 1. The number of unbranched alkanes of at least 4 members (excludes halogenated alkanes) is 3. The number of nitrogens with one attached hydrogen (secondary N) is 1. The SMILES string of the molecule is CC(=O)CCCCCCN(CCCNc1cccc(-n2nnnc2C)c1)c1c(C)cccc1C. The summed E-state index contributed by atoms with van der Waals surface area (Å²) >= 11 is 0. The highest BCUT2D eigenvalue weighted by molar-refractivity contribution is 5.75. The van der Waals surface area contributed by atoms with Gasteiger partial charge in [-0.05, 0) is 86.7 Å². The maximum absolute atomic E-state index is 11.2. The first-order valence-electron chi connectivity index (χ1n) is 12.4. The molecular formula is C27H38N6O. The van der Waals surface area contributed by atoms with Crippen LogP contribution in [0.4, 0.5) is 11.4 Å². The zero-order chi connectivity index (χ0) is 24.3. The molecule has 0 radical (unpaired) electrons. The van der Waals surface area contributed by atoms with Crippen LogP contribution in [0.1, 0.15) is 62.4 Å². The largest absolute Gasteiger partial charge is 0.385 e. The van der Waals surface area contributed by atoms with Gasteiger partial charge in [0, 0.05) is 37.4 Å². The normalized spacial score (nSPS) is 10.9. The number of rotatable bonds is 14. The van der Waals surface area contributed by atoms with Crippen LogP contribution < -0.4 is 10.2 Å². The lowest BCUT2D eigenvalue weighted by Gasteiger charge is -2.28. The zero-order valence-corrected chi connectivity index (χ0v) is 21.0. The molecule has 1 N–H and O–H groups in total. The zero-order valence-electron chi connectivity index (χ0n) is 21.0. The number of benzene rings is 2. The van der Waals surface area contributed by atoms with Crippen LogP contribution in [0.5, 0.6) is 0 Å². The molecule has 3 rings (SSSR count). The minimum Gasteiger partial charge on any atom is -0.385 e. The predicted molar refractivity (Wildman–Crippen MR) is 139 cm³/mol. The Morgan fingerprint density at radius 1 is 0.941 bits per heavy atom. The van der Waals surface area contributed by atoms with Crippen molar-refractivity contribution in [1.29, 1.82) is 0 Å². The topological polar surface area (TPSA) is 75.9 Å². The van der Waals surface area contributed by atoms with Gasteiger partial charge in [-0.1, -0.05) is 37.1 Å². The van der Waals surface area contributed by atoms with Gasteiger partial charge < -0.3 is 15.0 Å². The Labute approximate surface area is 203 Å². The van der Waals surface area contributed by atoms with Crippen LogP contribution in [0.2, 0.25) is 0 Å². The summed E-state index contributed by atoms with van der Waals surface area (Å²) < 4.78 is 1.74. The molecule has 0 unspecified atom stereocenters. The number of carbonyl (C=O) groups excluding carboxylic acids is 1. The maximum Gasteiger partial charge on any atom is 0.153 e. The third-order valence-corrected chi connectivity index (χ3v) is 6.11. The Morgan fingerprint density at radius 2 is 1.65 bits per heavy atom. The number of anilines is 2. The summed E-state index contributed by atoms with van der Waals surface area (Å²) in [5.74, 6) is 1.06. The molecule has 1 heterocycles. The van der Waals surface area contributed by atoms with Crippen LogP contribution >= 0.6 is 0 Å². The number of nitrogens with zero attached hydrogens (tertiary/aromatic N) is 5. The molecule has 0 amide bonds. The lowest BCUT2D eigenvalue weighted by atomic mass is 10.1. The highest BCUT2D eigenvalue weighted by Gasteiger charge is 2.12. The van der Waals surface area contributed by atoms with Crippen LogP contribution in [-0.4, -0.2) is 45.6 Å². The molecule has 3 aromatic rings. The van der Waals surface area contributed by atoms with Crippen molar-refractivity contribution in [3.8, 4) is 5.69 Å². The second kappa shape index (κ2) is 12.9. The van der Waals surface area contributed by atoms with Gasteiger partial charge >= 0.3 is 0 Å². The van der Waals surface area contributed by atoms with Gasteiger partial charge in [-0.2, -0.15) is 4.68 Å². The molecule has 0 spiro atoms. The van der Waals surface area contributed by atoms with Crippen LogP contribution in [0.15, 0.2) is 42.5 Å². The van der Waals surface area contributed by atoms with Gasteiger partial charge in [0.1, 0.15) is 5.78 Å². The number of para-hydroxylation sites is 1. The summed E-state index contributed by atoms with van der Waals surface area (Å²) in [6, 6.07) is 14.7. The summed E-state index contributed by atoms with van der Waals surface area (Å²) in [6.07, 6.45) is 6.18. The average Bonchev–Trinajstić information content (AvgIpc) is 3.24. The van der Waals surface area contributed by atoms with Crippen molar-refractivity contribution in [3.05, 3.63) is 59.4 Å². The van der Waals surface area contributed by atoms with Crippen molar-refractivity contribution >= 4 is 17.2 Å². The van der Waals surface area contributed by atoms with E-state index < -0.39 is 0 Å². The molecule has 0 saturated carbocycles. The summed E-state index contributed by atoms with van der Waals surface area (Å²) in [6.45, 7) is 10.9. The molecule has 7 nitrogen and oxygen atoms in total. The first-order chi connectivity index (χ1) is 16.5. The van der Waals surface area contributed by atoms with Crippen molar-refractivity contribution in [2.24, 2.45) is 0 Å². The average molecular weight is 463 g/mol. The van der Waals surface area contributed by atoms with Gasteiger partial charge in [0.25, 0.3) is 0 Å². The van der Waals surface area contributed by atoms with E-state index in [1.165, 1.54) is 16.8 Å². The second-order valence-electron chi connectivity index (χ2n) is 9.06. The molecule has 7 heteroatoms. The van der Waals surface area contributed by atoms with Crippen molar-refractivity contribution < 1.29 is 4.79 Å². The molecule has 1 aromatic heterocycles. The summed E-state index contributed by atoms with van der Waals surface area (Å²) in [4.78, 5) is 13.7. The predicted octanol–water partition coefficient (Wildman–Crippen LogP) is 5.44. The van der Waals surface area contributed by atoms with Gasteiger partial charge in [0.15, 0.2) is 5.82 Å². The lowest BCUT2D eigenvalue weighted by molar-refractivity contribution is -0.117. The van der Waals surface area contributed by atoms with Gasteiger partial charge in [0.2, 0.25) is 0 Å². The van der Waals surface area contributed by atoms with Crippen LogP contribution in [0.3, 0.4) is 0 Å². The van der Waals surface area contributed by atoms with Gasteiger partial charge in [-0.15, -0.1) is 5.10 Å². The fraction of sp³-hybridized carbons (Fsp3) is 0.481. The van der Waals surface area contributed by atoms with Gasteiger partial charge in [-0.3, -0.25) is 0 Å². The van der Waals surface area contributed by atoms with E-state index in [1.54, 1.807) is 11.6 Å². The summed E-state index contributed by atoms with van der Waals surface area (Å²) in [5.41, 5.74) is 6.04. The molecule has 182 valence electrons. The van der Waals surface area contributed by atoms with E-state index in [1.807, 2.05) is 19.1 Å². The highest BCUT2D eigenvalue weighted by Crippen LogP contribution is 2.25. The molecule has 0 aliphatic carbocycles. The maximum atomic E-state index is 11.2. The van der Waals surface area contributed by atoms with Crippen LogP contribution in [0.25, 0.3) is 5.69 Å². The van der Waals surface area contributed by atoms with E-state index in [9.17, 15) is 4.79 Å². The Balaban J connectivity index is 1.54. The Morgan fingerprint density at radius 3 is 2.35 bits per heavy atom. The number of tetrazole rings is 1. The fourth-order valence-corrected chi connectivity index (χ4v) is 4.39. The van der Waals surface area contributed by atoms with E-state index >= 15 is 0 Å². The first-order valence-corrected chi connectivity index (χ1v) is 12.4. The van der Waals surface area contributed by atoms with E-state index in [-0.39, 0.29) is 0 Å². The quantitative estimate of drug-likeness (QED) is 0.322. The number of hydrogen-bond acceptors (Lipinski definition) is 6. The molecular weight excluding hydrogens is 424 g/mol. The molecule has 0 fully saturated rings. The summed E-state index contributed by atoms with van der Waals surface area (Å²) in [5, 5.41) is 15.3. The molecule has 34 heavy (non-hydrogen) atoms. The molecule has 0 atom stereocenters. The van der Waals surface area contributed by atoms with E-state index in [2.05, 4.69) is 69.9 Å². The van der Waals surface area contributed by atoms with Crippen LogP contribution in [-0.2, 0) is 4.79 Å². The van der Waals surface area contributed by atoms with Crippen LogP contribution in [0, 0.1) is 20.8 Å². The summed E-state index contributed by atoms with van der Waals surface area (Å²) in [7, 11) is 0. The van der Waals surface area contributed by atoms with Gasteiger partial charge in [0.05, 0.1) is 5.69 Å². The van der Waals surface area contributed by atoms with E-state index in [0.717, 1.165) is 68.9 Å². The third-order valence-electron chi connectivity index (χ3n) is 6.11. The van der Waals surface area contributed by atoms with Crippen molar-refractivity contribution in [3.63, 3.8) is 0 Å². The number of ketones is 1. The van der Waals surface area contributed by atoms with Crippen molar-refractivity contribution in [2.45, 2.75) is 66.2 Å². The number of carbonyl (C=O) groups is 1. The van der Waals surface area contributed by atoms with Gasteiger partial charge in [-0.25, -0.2) is 0 Å². The molecule has 0 aliphatic rings. The van der Waals surface area contributed by atoms with Crippen molar-refractivity contribution in [1.82, 2.24) is 20.2 Å². The lowest BCUT2D eigenvalue weighted by Crippen LogP contribution is -2.28. The number of hydrogen-bond donors (Lipinski definition) is 1. The fourth-order valence-electron chi connectivity index (χ4n) is 4.39. The molecule has 0 aliphatic heterocycles. The molecule has 2 aromatic carbocycles. The first kappa shape index (κ1) is 25.4. The second-order valence-corrected chi connectivity index (χ2v) is 9.06.